The number of fused-ring (bicyclic) bond motifs is 1. The molecule has 7 heteroatoms. The van der Waals surface area contributed by atoms with Gasteiger partial charge in [-0.15, -0.1) is 10.2 Å². The molecule has 1 amide bonds. The van der Waals surface area contributed by atoms with Gasteiger partial charge < -0.3 is 14.5 Å². The predicted octanol–water partition coefficient (Wildman–Crippen LogP) is 3.60. The molecule has 1 atom stereocenters. The van der Waals surface area contributed by atoms with Crippen LogP contribution in [-0.2, 0) is 22.5 Å². The van der Waals surface area contributed by atoms with Gasteiger partial charge in [0.25, 0.3) is 0 Å². The zero-order chi connectivity index (χ0) is 20.8. The van der Waals surface area contributed by atoms with Gasteiger partial charge >= 0.3 is 0 Å². The fourth-order valence-electron chi connectivity index (χ4n) is 3.23. The average molecular weight is 402 g/mol. The van der Waals surface area contributed by atoms with Crippen LogP contribution in [0.5, 0.6) is 0 Å². The lowest BCUT2D eigenvalue weighted by Gasteiger charge is -2.10. The van der Waals surface area contributed by atoms with Crippen molar-refractivity contribution >= 4 is 16.8 Å². The lowest BCUT2D eigenvalue weighted by molar-refractivity contribution is -0.121. The van der Waals surface area contributed by atoms with Crippen LogP contribution in [0.15, 0.2) is 71.3 Å². The smallest absolute Gasteiger partial charge is 0.249 e. The quantitative estimate of drug-likeness (QED) is 0.484. The van der Waals surface area contributed by atoms with Crippen LogP contribution in [-0.4, -0.2) is 28.2 Å². The summed E-state index contributed by atoms with van der Waals surface area (Å²) in [4.78, 5) is 16.5. The van der Waals surface area contributed by atoms with E-state index < -0.39 is 6.10 Å². The van der Waals surface area contributed by atoms with Crippen molar-refractivity contribution in [2.45, 2.75) is 25.5 Å². The first-order chi connectivity index (χ1) is 14.7. The van der Waals surface area contributed by atoms with Crippen molar-refractivity contribution in [1.82, 2.24) is 20.5 Å². The number of amides is 1. The Balaban J connectivity index is 1.30. The monoisotopic (exact) mass is 402 g/mol. The number of hydrogen-bond donors (Lipinski definition) is 1. The van der Waals surface area contributed by atoms with Crippen LogP contribution in [0, 0.1) is 0 Å². The highest BCUT2D eigenvalue weighted by Crippen LogP contribution is 2.24. The Bertz CT molecular complexity index is 1130. The van der Waals surface area contributed by atoms with E-state index in [-0.39, 0.29) is 12.3 Å². The summed E-state index contributed by atoms with van der Waals surface area (Å²) in [6.45, 7) is 0.457. The van der Waals surface area contributed by atoms with Gasteiger partial charge in [-0.25, -0.2) is 0 Å². The van der Waals surface area contributed by atoms with Crippen molar-refractivity contribution in [3.05, 3.63) is 89.8 Å². The number of aryl methyl sites for hydroxylation is 1. The zero-order valence-electron chi connectivity index (χ0n) is 16.6. The molecule has 0 spiro atoms. The highest BCUT2D eigenvalue weighted by molar-refractivity contribution is 5.79. The number of nitrogens with one attached hydrogen (secondary N) is 1. The molecule has 0 unspecified atom stereocenters. The summed E-state index contributed by atoms with van der Waals surface area (Å²) < 4.78 is 11.2. The van der Waals surface area contributed by atoms with Gasteiger partial charge in [0.1, 0.15) is 0 Å². The third-order valence-corrected chi connectivity index (χ3v) is 4.77. The molecular formula is C23H22N4O3. The minimum absolute atomic E-state index is 0.0765. The number of carbonyl (C=O) groups is 1. The highest BCUT2D eigenvalue weighted by atomic mass is 16.5. The number of carbonyl (C=O) groups excluding carboxylic acids is 1. The molecule has 0 radical (unpaired) electrons. The molecule has 0 aliphatic carbocycles. The van der Waals surface area contributed by atoms with Crippen LogP contribution in [0.3, 0.4) is 0 Å². The molecule has 152 valence electrons. The second-order valence-electron chi connectivity index (χ2n) is 6.87. The number of rotatable bonds is 8. The van der Waals surface area contributed by atoms with E-state index in [1.54, 1.807) is 13.3 Å². The molecule has 4 rings (SSSR count). The maximum absolute atomic E-state index is 12.2. The lowest BCUT2D eigenvalue weighted by Crippen LogP contribution is -2.23. The summed E-state index contributed by atoms with van der Waals surface area (Å²) in [5, 5.41) is 12.1. The summed E-state index contributed by atoms with van der Waals surface area (Å²) in [5.41, 5.74) is 2.89. The molecule has 2 aromatic heterocycles. The molecular weight excluding hydrogens is 380 g/mol. The molecule has 1 N–H and O–H groups in total. The second-order valence-corrected chi connectivity index (χ2v) is 6.87. The summed E-state index contributed by atoms with van der Waals surface area (Å²) in [6.07, 6.45) is 1.97. The summed E-state index contributed by atoms with van der Waals surface area (Å²) in [6, 6.07) is 19.5. The van der Waals surface area contributed by atoms with Gasteiger partial charge in [-0.2, -0.15) is 0 Å². The number of hydrogen-bond acceptors (Lipinski definition) is 6. The number of aromatic nitrogens is 3. The Hall–Kier alpha value is -3.58. The SMILES string of the molecule is CO[C@@H](c1ccccc1)c1nnc(CCC(=O)NCc2ccc3ncccc3c2)o1. The second kappa shape index (κ2) is 9.28. The van der Waals surface area contributed by atoms with E-state index in [1.807, 2.05) is 60.7 Å². The minimum atomic E-state index is -0.427. The molecule has 30 heavy (non-hydrogen) atoms. The number of nitrogens with zero attached hydrogens (tertiary/aromatic N) is 3. The fraction of sp³-hybridized carbons (Fsp3) is 0.217. The molecule has 2 heterocycles. The summed E-state index contributed by atoms with van der Waals surface area (Å²) in [7, 11) is 1.60. The Labute approximate surface area is 174 Å². The van der Waals surface area contributed by atoms with Gasteiger partial charge in [0.15, 0.2) is 6.10 Å². The molecule has 0 fully saturated rings. The van der Waals surface area contributed by atoms with Crippen molar-refractivity contribution in [1.29, 1.82) is 0 Å². The van der Waals surface area contributed by atoms with E-state index in [2.05, 4.69) is 20.5 Å². The van der Waals surface area contributed by atoms with Gasteiger partial charge in [0.2, 0.25) is 17.7 Å². The summed E-state index contributed by atoms with van der Waals surface area (Å²) in [5.74, 6) is 0.714. The molecule has 0 bridgehead atoms. The van der Waals surface area contributed by atoms with E-state index in [4.69, 9.17) is 9.15 Å². The van der Waals surface area contributed by atoms with Gasteiger partial charge in [-0.1, -0.05) is 42.5 Å². The summed E-state index contributed by atoms with van der Waals surface area (Å²) >= 11 is 0. The molecule has 2 aromatic carbocycles. The Morgan fingerprint density at radius 3 is 2.80 bits per heavy atom. The minimum Gasteiger partial charge on any atom is -0.422 e. The molecule has 0 aliphatic heterocycles. The number of pyridine rings is 1. The van der Waals surface area contributed by atoms with Crippen LogP contribution in [0.1, 0.15) is 35.4 Å². The van der Waals surface area contributed by atoms with Crippen molar-refractivity contribution in [2.75, 3.05) is 7.11 Å². The van der Waals surface area contributed by atoms with Crippen LogP contribution >= 0.6 is 0 Å². The van der Waals surface area contributed by atoms with E-state index in [9.17, 15) is 4.79 Å². The molecule has 4 aromatic rings. The maximum Gasteiger partial charge on any atom is 0.249 e. The van der Waals surface area contributed by atoms with Gasteiger partial charge in [-0.05, 0) is 29.3 Å². The maximum atomic E-state index is 12.2. The number of methoxy groups -OCH3 is 1. The topological polar surface area (TPSA) is 90.1 Å². The van der Waals surface area contributed by atoms with E-state index in [1.165, 1.54) is 0 Å². The Morgan fingerprint density at radius 1 is 1.10 bits per heavy atom. The molecule has 0 saturated carbocycles. The normalized spacial score (nSPS) is 12.0. The largest absolute Gasteiger partial charge is 0.422 e. The van der Waals surface area contributed by atoms with Gasteiger partial charge in [-0.3, -0.25) is 9.78 Å². The average Bonchev–Trinajstić information content (AvgIpc) is 3.26. The zero-order valence-corrected chi connectivity index (χ0v) is 16.6. The lowest BCUT2D eigenvalue weighted by atomic mass is 10.1. The van der Waals surface area contributed by atoms with Crippen molar-refractivity contribution in [3.63, 3.8) is 0 Å². The molecule has 7 nitrogen and oxygen atoms in total. The first-order valence-corrected chi connectivity index (χ1v) is 9.73. The van der Waals surface area contributed by atoms with Crippen LogP contribution in [0.4, 0.5) is 0 Å². The highest BCUT2D eigenvalue weighted by Gasteiger charge is 2.20. The van der Waals surface area contributed by atoms with E-state index in [0.717, 1.165) is 22.0 Å². The van der Waals surface area contributed by atoms with Crippen LogP contribution < -0.4 is 5.32 Å². The number of benzene rings is 2. The molecule has 0 aliphatic rings. The first kappa shape index (κ1) is 19.7. The van der Waals surface area contributed by atoms with Crippen molar-refractivity contribution in [3.8, 4) is 0 Å². The Kier molecular flexibility index (Phi) is 6.10. The standard InChI is InChI=1S/C23H22N4O3/c1-29-22(17-6-3-2-4-7-17)23-27-26-21(30-23)12-11-20(28)25-15-16-9-10-19-18(14-16)8-5-13-24-19/h2-10,13-14,22H,11-12,15H2,1H3,(H,25,28)/t22-/m0/s1. The fourth-order valence-corrected chi connectivity index (χ4v) is 3.23. The Morgan fingerprint density at radius 2 is 1.97 bits per heavy atom. The third kappa shape index (κ3) is 4.69. The number of ether oxygens (including phenoxy) is 1. The van der Waals surface area contributed by atoms with Gasteiger partial charge in [0, 0.05) is 38.1 Å². The van der Waals surface area contributed by atoms with Crippen molar-refractivity contribution < 1.29 is 13.9 Å². The molecule has 0 saturated heterocycles. The van der Waals surface area contributed by atoms with E-state index in [0.29, 0.717) is 24.7 Å². The van der Waals surface area contributed by atoms with Gasteiger partial charge in [0.05, 0.1) is 5.52 Å². The predicted molar refractivity (Wildman–Crippen MR) is 112 cm³/mol. The first-order valence-electron chi connectivity index (χ1n) is 9.73. The van der Waals surface area contributed by atoms with E-state index >= 15 is 0 Å². The van der Waals surface area contributed by atoms with Crippen LogP contribution in [0.2, 0.25) is 0 Å². The van der Waals surface area contributed by atoms with Crippen LogP contribution in [0.25, 0.3) is 10.9 Å². The third-order valence-electron chi connectivity index (χ3n) is 4.77. The van der Waals surface area contributed by atoms with Crippen molar-refractivity contribution in [2.24, 2.45) is 0 Å².